The lowest BCUT2D eigenvalue weighted by Crippen LogP contribution is -3.10. The van der Waals surface area contributed by atoms with Crippen LogP contribution in [0.15, 0.2) is 0 Å². The second-order valence-corrected chi connectivity index (χ2v) is 2.41. The van der Waals surface area contributed by atoms with Gasteiger partial charge in [0.15, 0.2) is 6.29 Å². The normalized spacial score (nSPS) is 34.1. The summed E-state index contributed by atoms with van der Waals surface area (Å²) in [6, 6.07) is 0. The summed E-state index contributed by atoms with van der Waals surface area (Å²) in [6.07, 6.45) is -0.266. The maximum absolute atomic E-state index is 10.9. The molecule has 1 unspecified atom stereocenters. The lowest BCUT2D eigenvalue weighted by atomic mass is 10.3. The molecule has 0 bridgehead atoms. The number of rotatable bonds is 3. The molecule has 5 heteroatoms. The van der Waals surface area contributed by atoms with Gasteiger partial charge in [0, 0.05) is 12.8 Å². The van der Waals surface area contributed by atoms with Crippen molar-refractivity contribution in [3.8, 4) is 0 Å². The minimum atomic E-state index is -0.788. The molecule has 0 aromatic heterocycles. The van der Waals surface area contributed by atoms with E-state index in [1.54, 1.807) is 6.92 Å². The summed E-state index contributed by atoms with van der Waals surface area (Å²) in [5.74, 6) is 0. The number of quaternary nitrogens is 1. The first-order valence-electron chi connectivity index (χ1n) is 3.74. The Kier molecular flexibility index (Phi) is 3.22. The summed E-state index contributed by atoms with van der Waals surface area (Å²) in [6.45, 7) is 2.10. The number of hydrogen-bond donors (Lipinski definition) is 2. The van der Waals surface area contributed by atoms with Gasteiger partial charge in [-0.3, -0.25) is 4.74 Å². The van der Waals surface area contributed by atoms with Crippen molar-refractivity contribution in [1.29, 1.82) is 0 Å². The van der Waals surface area contributed by atoms with Crippen molar-refractivity contribution in [1.82, 2.24) is 0 Å². The van der Waals surface area contributed by atoms with Crippen LogP contribution in [0.25, 0.3) is 0 Å². The van der Waals surface area contributed by atoms with Gasteiger partial charge >= 0.3 is 0 Å². The highest BCUT2D eigenvalue weighted by molar-refractivity contribution is 4.55. The van der Waals surface area contributed by atoms with Crippen molar-refractivity contribution in [2.45, 2.75) is 32.3 Å². The zero-order valence-electron chi connectivity index (χ0n) is 6.45. The van der Waals surface area contributed by atoms with Gasteiger partial charge in [0.25, 0.3) is 0 Å². The maximum atomic E-state index is 10.9. The average Bonchev–Trinajstić information content (AvgIpc) is 2.36. The van der Waals surface area contributed by atoms with E-state index in [9.17, 15) is 5.21 Å². The van der Waals surface area contributed by atoms with Crippen LogP contribution < -0.4 is 5.23 Å². The molecule has 1 fully saturated rings. The fourth-order valence-corrected chi connectivity index (χ4v) is 1.03. The van der Waals surface area contributed by atoms with Crippen LogP contribution in [0, 0.1) is 5.21 Å². The van der Waals surface area contributed by atoms with Gasteiger partial charge in [-0.15, -0.1) is 0 Å². The largest absolute Gasteiger partial charge is 0.598 e. The van der Waals surface area contributed by atoms with Crippen LogP contribution >= 0.6 is 0 Å². The Morgan fingerprint density at radius 2 is 2.45 bits per heavy atom. The van der Waals surface area contributed by atoms with Crippen molar-refractivity contribution in [3.63, 3.8) is 0 Å². The molecule has 5 nitrogen and oxygen atoms in total. The number of aliphatic hydroxyl groups excluding tert-OH is 1. The summed E-state index contributed by atoms with van der Waals surface area (Å²) in [5.41, 5.74) is 0. The molecule has 0 aromatic carbocycles. The molecule has 66 valence electrons. The van der Waals surface area contributed by atoms with E-state index in [0.717, 1.165) is 0 Å². The Bertz CT molecular complexity index is 121. The number of hydroxylamine groups is 2. The second-order valence-electron chi connectivity index (χ2n) is 2.41. The zero-order chi connectivity index (χ0) is 8.27. The zero-order valence-corrected chi connectivity index (χ0v) is 6.45. The SMILES string of the molecule is CCO[NH+]([O-])[C@H]1CC[C@H](O)O1. The number of hydrogen-bond acceptors (Lipinski definition) is 4. The highest BCUT2D eigenvalue weighted by Crippen LogP contribution is 2.12. The summed E-state index contributed by atoms with van der Waals surface area (Å²) in [4.78, 5) is 4.70. The van der Waals surface area contributed by atoms with Gasteiger partial charge in [-0.1, -0.05) is 0 Å². The van der Waals surface area contributed by atoms with Crippen LogP contribution in [0.5, 0.6) is 0 Å². The molecule has 11 heavy (non-hydrogen) atoms. The molecule has 1 rings (SSSR count). The lowest BCUT2D eigenvalue weighted by Gasteiger charge is -2.24. The van der Waals surface area contributed by atoms with Crippen LogP contribution in [0.2, 0.25) is 0 Å². The van der Waals surface area contributed by atoms with E-state index < -0.39 is 12.5 Å². The van der Waals surface area contributed by atoms with E-state index in [1.165, 1.54) is 0 Å². The highest BCUT2D eigenvalue weighted by atomic mass is 16.9. The standard InChI is InChI=1S/C6H13NO4/c1-2-10-7(9)5-3-4-6(8)11-5/h5-8H,2-4H2,1H3/t5-,6-/m1/s1. The molecule has 2 N–H and O–H groups in total. The van der Waals surface area contributed by atoms with Crippen molar-refractivity contribution in [2.24, 2.45) is 0 Å². The van der Waals surface area contributed by atoms with E-state index in [4.69, 9.17) is 14.7 Å². The van der Waals surface area contributed by atoms with E-state index in [1.807, 2.05) is 0 Å². The number of aliphatic hydroxyl groups is 1. The van der Waals surface area contributed by atoms with Gasteiger partial charge in [0.05, 0.1) is 0 Å². The van der Waals surface area contributed by atoms with Gasteiger partial charge < -0.3 is 10.3 Å². The van der Waals surface area contributed by atoms with Gasteiger partial charge in [-0.2, -0.15) is 5.23 Å². The maximum Gasteiger partial charge on any atom is 0.224 e. The van der Waals surface area contributed by atoms with Crippen LogP contribution in [0.4, 0.5) is 0 Å². The fourth-order valence-electron chi connectivity index (χ4n) is 1.03. The molecule has 0 amide bonds. The third-order valence-electron chi connectivity index (χ3n) is 1.55. The minimum Gasteiger partial charge on any atom is -0.598 e. The quantitative estimate of drug-likeness (QED) is 0.511. The molecule has 0 aliphatic carbocycles. The first kappa shape index (κ1) is 8.89. The van der Waals surface area contributed by atoms with E-state index in [2.05, 4.69) is 0 Å². The monoisotopic (exact) mass is 163 g/mol. The van der Waals surface area contributed by atoms with Gasteiger partial charge in [0.2, 0.25) is 6.23 Å². The van der Waals surface area contributed by atoms with Crippen molar-refractivity contribution >= 4 is 0 Å². The molecule has 3 atom stereocenters. The topological polar surface area (TPSA) is 66.2 Å². The molecule has 0 spiro atoms. The smallest absolute Gasteiger partial charge is 0.224 e. The highest BCUT2D eigenvalue weighted by Gasteiger charge is 2.29. The van der Waals surface area contributed by atoms with Crippen LogP contribution in [-0.4, -0.2) is 24.2 Å². The van der Waals surface area contributed by atoms with Gasteiger partial charge in [0.1, 0.15) is 6.61 Å². The lowest BCUT2D eigenvalue weighted by molar-refractivity contribution is -1.09. The molecular formula is C6H13NO4. The molecular weight excluding hydrogens is 150 g/mol. The van der Waals surface area contributed by atoms with Crippen molar-refractivity contribution < 1.29 is 19.9 Å². The summed E-state index contributed by atoms with van der Waals surface area (Å²) in [5, 5.41) is 19.4. The Labute approximate surface area is 65.0 Å². The third kappa shape index (κ3) is 2.39. The predicted octanol–water partition coefficient (Wildman–Crippen LogP) is -1.22. The average molecular weight is 163 g/mol. The molecule has 0 radical (unpaired) electrons. The summed E-state index contributed by atoms with van der Waals surface area (Å²) >= 11 is 0. The second kappa shape index (κ2) is 3.99. The first-order chi connectivity index (χ1) is 5.24. The summed E-state index contributed by atoms with van der Waals surface area (Å²) in [7, 11) is 0. The van der Waals surface area contributed by atoms with E-state index in [0.29, 0.717) is 19.4 Å². The van der Waals surface area contributed by atoms with Gasteiger partial charge in [-0.25, -0.2) is 4.84 Å². The number of ether oxygens (including phenoxy) is 1. The minimum absolute atomic E-state index is 0.356. The Morgan fingerprint density at radius 3 is 2.91 bits per heavy atom. The molecule has 1 aliphatic heterocycles. The van der Waals surface area contributed by atoms with Crippen LogP contribution in [0.1, 0.15) is 19.8 Å². The molecule has 0 aromatic rings. The Balaban J connectivity index is 2.25. The predicted molar refractivity (Wildman–Crippen MR) is 36.1 cm³/mol. The first-order valence-corrected chi connectivity index (χ1v) is 3.74. The summed E-state index contributed by atoms with van der Waals surface area (Å²) < 4.78 is 4.86. The van der Waals surface area contributed by atoms with Crippen LogP contribution in [0.3, 0.4) is 0 Å². The van der Waals surface area contributed by atoms with E-state index >= 15 is 0 Å². The van der Waals surface area contributed by atoms with Crippen LogP contribution in [-0.2, 0) is 9.57 Å². The molecule has 1 saturated heterocycles. The molecule has 0 saturated carbocycles. The Morgan fingerprint density at radius 1 is 1.73 bits per heavy atom. The number of nitrogens with one attached hydrogen (secondary N) is 1. The van der Waals surface area contributed by atoms with Crippen molar-refractivity contribution in [2.75, 3.05) is 6.61 Å². The van der Waals surface area contributed by atoms with E-state index in [-0.39, 0.29) is 5.23 Å². The molecule has 1 heterocycles. The van der Waals surface area contributed by atoms with Gasteiger partial charge in [-0.05, 0) is 6.92 Å². The third-order valence-corrected chi connectivity index (χ3v) is 1.55. The molecule has 1 aliphatic rings. The fraction of sp³-hybridized carbons (Fsp3) is 1.00. The Hall–Kier alpha value is -0.200. The van der Waals surface area contributed by atoms with Crippen molar-refractivity contribution in [3.05, 3.63) is 5.21 Å².